The lowest BCUT2D eigenvalue weighted by Gasteiger charge is -2.24. The second-order valence-corrected chi connectivity index (χ2v) is 4.09. The van der Waals surface area contributed by atoms with Crippen molar-refractivity contribution in [3.63, 3.8) is 0 Å². The SMILES string of the molecule is CC(=CC(=O)O)CN1C(=O)C2C=CC1C2. The molecule has 4 nitrogen and oxygen atoms in total. The fraction of sp³-hybridized carbons (Fsp3) is 0.455. The van der Waals surface area contributed by atoms with E-state index in [2.05, 4.69) is 0 Å². The van der Waals surface area contributed by atoms with Crippen molar-refractivity contribution in [3.05, 3.63) is 23.8 Å². The van der Waals surface area contributed by atoms with Crippen LogP contribution in [0.2, 0.25) is 0 Å². The van der Waals surface area contributed by atoms with Crippen LogP contribution < -0.4 is 0 Å². The fourth-order valence-corrected chi connectivity index (χ4v) is 2.19. The number of carbonyl (C=O) groups excluding carboxylic acids is 1. The van der Waals surface area contributed by atoms with Crippen molar-refractivity contribution >= 4 is 11.9 Å². The molecule has 0 radical (unpaired) electrons. The molecule has 15 heavy (non-hydrogen) atoms. The minimum atomic E-state index is -0.958. The van der Waals surface area contributed by atoms with E-state index in [0.717, 1.165) is 12.5 Å². The molecule has 2 bridgehead atoms. The molecule has 4 heteroatoms. The number of carbonyl (C=O) groups is 2. The van der Waals surface area contributed by atoms with Gasteiger partial charge in [-0.3, -0.25) is 4.79 Å². The molecule has 1 N–H and O–H groups in total. The summed E-state index contributed by atoms with van der Waals surface area (Å²) in [5.41, 5.74) is 0.705. The summed E-state index contributed by atoms with van der Waals surface area (Å²) in [4.78, 5) is 23.9. The van der Waals surface area contributed by atoms with Gasteiger partial charge in [-0.2, -0.15) is 0 Å². The predicted octanol–water partition coefficient (Wildman–Crippen LogP) is 0.804. The Morgan fingerprint density at radius 3 is 2.93 bits per heavy atom. The van der Waals surface area contributed by atoms with Crippen LogP contribution >= 0.6 is 0 Å². The van der Waals surface area contributed by atoms with Crippen molar-refractivity contribution in [1.82, 2.24) is 4.90 Å². The van der Waals surface area contributed by atoms with Gasteiger partial charge in [-0.05, 0) is 18.9 Å². The van der Waals surface area contributed by atoms with Gasteiger partial charge in [-0.25, -0.2) is 4.79 Å². The molecule has 1 fully saturated rings. The highest BCUT2D eigenvalue weighted by Gasteiger charge is 2.40. The van der Waals surface area contributed by atoms with E-state index in [9.17, 15) is 9.59 Å². The smallest absolute Gasteiger partial charge is 0.328 e. The summed E-state index contributed by atoms with van der Waals surface area (Å²) in [5, 5.41) is 8.56. The van der Waals surface area contributed by atoms with Crippen molar-refractivity contribution in [3.8, 4) is 0 Å². The lowest BCUT2D eigenvalue weighted by molar-refractivity contribution is -0.132. The normalized spacial score (nSPS) is 29.0. The zero-order chi connectivity index (χ0) is 11.0. The number of hydrogen-bond donors (Lipinski definition) is 1. The third kappa shape index (κ3) is 1.79. The molecule has 0 saturated carbocycles. The molecule has 0 aromatic carbocycles. The van der Waals surface area contributed by atoms with E-state index in [0.29, 0.717) is 12.1 Å². The number of nitrogens with zero attached hydrogens (tertiary/aromatic N) is 1. The van der Waals surface area contributed by atoms with Crippen LogP contribution in [0.15, 0.2) is 23.8 Å². The van der Waals surface area contributed by atoms with Crippen LogP contribution in [0.3, 0.4) is 0 Å². The molecule has 2 rings (SSSR count). The Morgan fingerprint density at radius 2 is 2.40 bits per heavy atom. The molecular formula is C11H13NO3. The standard InChI is InChI=1S/C11H13NO3/c1-7(4-10(13)14)6-12-9-3-2-8(5-9)11(12)15/h2-4,8-9H,5-6H2,1H3,(H,13,14). The molecule has 1 aliphatic carbocycles. The number of amides is 1. The van der Waals surface area contributed by atoms with Crippen molar-refractivity contribution in [2.75, 3.05) is 6.54 Å². The first-order chi connectivity index (χ1) is 7.08. The minimum Gasteiger partial charge on any atom is -0.478 e. The lowest BCUT2D eigenvalue weighted by Crippen LogP contribution is -2.36. The van der Waals surface area contributed by atoms with E-state index in [1.165, 1.54) is 0 Å². The number of rotatable bonds is 3. The zero-order valence-electron chi connectivity index (χ0n) is 8.51. The van der Waals surface area contributed by atoms with Gasteiger partial charge in [0, 0.05) is 12.6 Å². The molecule has 2 unspecified atom stereocenters. The molecule has 1 saturated heterocycles. The fourth-order valence-electron chi connectivity index (χ4n) is 2.19. The van der Waals surface area contributed by atoms with Gasteiger partial charge in [-0.1, -0.05) is 12.2 Å². The summed E-state index contributed by atoms with van der Waals surface area (Å²) < 4.78 is 0. The Morgan fingerprint density at radius 1 is 1.67 bits per heavy atom. The maximum Gasteiger partial charge on any atom is 0.328 e. The molecular weight excluding hydrogens is 194 g/mol. The van der Waals surface area contributed by atoms with Crippen molar-refractivity contribution < 1.29 is 14.7 Å². The summed E-state index contributed by atoms with van der Waals surface area (Å²) in [6.45, 7) is 2.16. The Hall–Kier alpha value is -1.58. The third-order valence-electron chi connectivity index (χ3n) is 2.85. The first-order valence-electron chi connectivity index (χ1n) is 4.97. The number of hydrogen-bond acceptors (Lipinski definition) is 2. The quantitative estimate of drug-likeness (QED) is 0.550. The van der Waals surface area contributed by atoms with E-state index in [1.54, 1.807) is 11.8 Å². The molecule has 1 heterocycles. The second-order valence-electron chi connectivity index (χ2n) is 4.09. The van der Waals surface area contributed by atoms with Crippen LogP contribution in [-0.4, -0.2) is 34.5 Å². The van der Waals surface area contributed by atoms with Gasteiger partial charge < -0.3 is 10.0 Å². The summed E-state index contributed by atoms with van der Waals surface area (Å²) >= 11 is 0. The van der Waals surface area contributed by atoms with Crippen LogP contribution in [0, 0.1) is 5.92 Å². The summed E-state index contributed by atoms with van der Waals surface area (Å²) in [6, 6.07) is 0.180. The Labute approximate surface area is 87.9 Å². The van der Waals surface area contributed by atoms with E-state index in [1.807, 2.05) is 12.2 Å². The number of aliphatic carboxylic acids is 1. The van der Waals surface area contributed by atoms with E-state index >= 15 is 0 Å². The topological polar surface area (TPSA) is 57.6 Å². The van der Waals surface area contributed by atoms with Crippen LogP contribution in [0.4, 0.5) is 0 Å². The van der Waals surface area contributed by atoms with Crippen molar-refractivity contribution in [1.29, 1.82) is 0 Å². The Kier molecular flexibility index (Phi) is 2.34. The molecule has 2 atom stereocenters. The van der Waals surface area contributed by atoms with E-state index in [4.69, 9.17) is 5.11 Å². The van der Waals surface area contributed by atoms with Gasteiger partial charge in [-0.15, -0.1) is 0 Å². The average Bonchev–Trinajstić information content (AvgIpc) is 2.68. The first kappa shape index (κ1) is 9.96. The average molecular weight is 207 g/mol. The molecule has 0 spiro atoms. The van der Waals surface area contributed by atoms with Gasteiger partial charge in [0.2, 0.25) is 5.91 Å². The molecule has 0 aromatic rings. The number of likely N-dealkylation sites (tertiary alicyclic amines) is 1. The van der Waals surface area contributed by atoms with Gasteiger partial charge in [0.1, 0.15) is 0 Å². The molecule has 0 aromatic heterocycles. The largest absolute Gasteiger partial charge is 0.478 e. The van der Waals surface area contributed by atoms with Gasteiger partial charge in [0.25, 0.3) is 0 Å². The van der Waals surface area contributed by atoms with Gasteiger partial charge in [0.15, 0.2) is 0 Å². The van der Waals surface area contributed by atoms with E-state index in [-0.39, 0.29) is 17.9 Å². The number of fused-ring (bicyclic) bond motifs is 2. The van der Waals surface area contributed by atoms with Crippen molar-refractivity contribution in [2.45, 2.75) is 19.4 Å². The maximum absolute atomic E-state index is 11.7. The molecule has 2 aliphatic rings. The van der Waals surface area contributed by atoms with Crippen molar-refractivity contribution in [2.24, 2.45) is 5.92 Å². The highest BCUT2D eigenvalue weighted by molar-refractivity contribution is 5.86. The summed E-state index contributed by atoms with van der Waals surface area (Å²) in [7, 11) is 0. The number of carboxylic acids is 1. The second kappa shape index (κ2) is 3.53. The Balaban J connectivity index is 2.05. The maximum atomic E-state index is 11.7. The summed E-state index contributed by atoms with van der Waals surface area (Å²) in [5.74, 6) is -0.798. The molecule has 1 aliphatic heterocycles. The van der Waals surface area contributed by atoms with Crippen LogP contribution in [0.25, 0.3) is 0 Å². The van der Waals surface area contributed by atoms with Gasteiger partial charge in [0.05, 0.1) is 12.0 Å². The summed E-state index contributed by atoms with van der Waals surface area (Å²) in [6.07, 6.45) is 5.99. The lowest BCUT2D eigenvalue weighted by atomic mass is 10.1. The van der Waals surface area contributed by atoms with E-state index < -0.39 is 5.97 Å². The first-order valence-corrected chi connectivity index (χ1v) is 4.97. The molecule has 80 valence electrons. The van der Waals surface area contributed by atoms with Crippen LogP contribution in [0.5, 0.6) is 0 Å². The predicted molar refractivity (Wildman–Crippen MR) is 54.1 cm³/mol. The number of carboxylic acid groups (broad SMARTS) is 1. The highest BCUT2D eigenvalue weighted by Crippen LogP contribution is 2.32. The minimum absolute atomic E-state index is 0.0348. The van der Waals surface area contributed by atoms with Crippen LogP contribution in [0.1, 0.15) is 13.3 Å². The van der Waals surface area contributed by atoms with Crippen LogP contribution in [-0.2, 0) is 9.59 Å². The molecule has 1 amide bonds. The Bertz CT molecular complexity index is 370. The monoisotopic (exact) mass is 207 g/mol. The third-order valence-corrected chi connectivity index (χ3v) is 2.85. The highest BCUT2D eigenvalue weighted by atomic mass is 16.4. The van der Waals surface area contributed by atoms with Gasteiger partial charge >= 0.3 is 5.97 Å². The zero-order valence-corrected chi connectivity index (χ0v) is 8.51.